The molecule has 0 spiro atoms. The molecule has 0 saturated carbocycles. The molecule has 2 fully saturated rings. The molecular formula is C17H24FNO. The Labute approximate surface area is 120 Å². The van der Waals surface area contributed by atoms with E-state index in [2.05, 4.69) is 4.90 Å². The average Bonchev–Trinajstić information content (AvgIpc) is 2.96. The average molecular weight is 277 g/mol. The van der Waals surface area contributed by atoms with Gasteiger partial charge in [-0.15, -0.1) is 0 Å². The molecule has 0 N–H and O–H groups in total. The van der Waals surface area contributed by atoms with Crippen LogP contribution in [0.4, 0.5) is 4.39 Å². The van der Waals surface area contributed by atoms with Crippen LogP contribution in [0.15, 0.2) is 24.3 Å². The lowest BCUT2D eigenvalue weighted by atomic mass is 9.90. The second-order valence-corrected chi connectivity index (χ2v) is 6.30. The van der Waals surface area contributed by atoms with E-state index in [9.17, 15) is 4.39 Å². The fourth-order valence-electron chi connectivity index (χ4n) is 3.42. The highest BCUT2D eigenvalue weighted by atomic mass is 19.1. The fourth-order valence-corrected chi connectivity index (χ4v) is 3.42. The van der Waals surface area contributed by atoms with Crippen LogP contribution in [0, 0.1) is 17.7 Å². The Morgan fingerprint density at radius 2 is 1.80 bits per heavy atom. The highest BCUT2D eigenvalue weighted by Gasteiger charge is 2.23. The van der Waals surface area contributed by atoms with E-state index in [1.807, 2.05) is 12.1 Å². The quantitative estimate of drug-likeness (QED) is 0.838. The Morgan fingerprint density at radius 1 is 1.05 bits per heavy atom. The number of hydrogen-bond acceptors (Lipinski definition) is 2. The third-order valence-electron chi connectivity index (χ3n) is 4.69. The van der Waals surface area contributed by atoms with Gasteiger partial charge in [0.15, 0.2) is 0 Å². The number of halogens is 1. The molecule has 2 aliphatic rings. The summed E-state index contributed by atoms with van der Waals surface area (Å²) in [6.07, 6.45) is 4.87. The summed E-state index contributed by atoms with van der Waals surface area (Å²) >= 11 is 0. The van der Waals surface area contributed by atoms with Gasteiger partial charge >= 0.3 is 0 Å². The van der Waals surface area contributed by atoms with E-state index in [1.54, 1.807) is 12.1 Å². The predicted octanol–water partition coefficient (Wildman–Crippen LogP) is 3.12. The Morgan fingerprint density at radius 3 is 2.45 bits per heavy atom. The second kappa shape index (κ2) is 6.68. The summed E-state index contributed by atoms with van der Waals surface area (Å²) in [5.74, 6) is 1.38. The van der Waals surface area contributed by atoms with Gasteiger partial charge in [-0.25, -0.2) is 4.39 Å². The SMILES string of the molecule is Fc1ccc(CC2CCN(CC3CCOC3)CC2)cc1. The van der Waals surface area contributed by atoms with Crippen LogP contribution in [0.3, 0.4) is 0 Å². The topological polar surface area (TPSA) is 12.5 Å². The van der Waals surface area contributed by atoms with Crippen LogP contribution in [0.5, 0.6) is 0 Å². The lowest BCUT2D eigenvalue weighted by molar-refractivity contribution is 0.141. The normalized spacial score (nSPS) is 25.1. The van der Waals surface area contributed by atoms with Crippen molar-refractivity contribution in [3.8, 4) is 0 Å². The summed E-state index contributed by atoms with van der Waals surface area (Å²) in [6.45, 7) is 5.54. The Balaban J connectivity index is 1.42. The third kappa shape index (κ3) is 3.80. The lowest BCUT2D eigenvalue weighted by Gasteiger charge is -2.33. The molecule has 0 bridgehead atoms. The molecule has 2 aliphatic heterocycles. The molecule has 1 atom stereocenters. The van der Waals surface area contributed by atoms with Crippen LogP contribution in [0.1, 0.15) is 24.8 Å². The summed E-state index contributed by atoms with van der Waals surface area (Å²) < 4.78 is 18.3. The molecule has 1 unspecified atom stereocenters. The molecule has 20 heavy (non-hydrogen) atoms. The predicted molar refractivity (Wildman–Crippen MR) is 78.2 cm³/mol. The minimum Gasteiger partial charge on any atom is -0.381 e. The van der Waals surface area contributed by atoms with E-state index in [0.717, 1.165) is 31.5 Å². The molecule has 0 aromatic heterocycles. The van der Waals surface area contributed by atoms with Crippen LogP contribution < -0.4 is 0 Å². The number of hydrogen-bond donors (Lipinski definition) is 0. The zero-order valence-electron chi connectivity index (χ0n) is 12.1. The zero-order valence-corrected chi connectivity index (χ0v) is 12.1. The van der Waals surface area contributed by atoms with Crippen LogP contribution >= 0.6 is 0 Å². The standard InChI is InChI=1S/C17H24FNO/c18-17-3-1-14(2-4-17)11-15-5-8-19(9-6-15)12-16-7-10-20-13-16/h1-4,15-16H,5-13H2. The molecule has 0 amide bonds. The summed E-state index contributed by atoms with van der Waals surface area (Å²) in [7, 11) is 0. The molecule has 0 radical (unpaired) electrons. The van der Waals surface area contributed by atoms with Crippen molar-refractivity contribution in [2.75, 3.05) is 32.8 Å². The van der Waals surface area contributed by atoms with E-state index >= 15 is 0 Å². The first kappa shape index (κ1) is 14.0. The molecule has 2 saturated heterocycles. The van der Waals surface area contributed by atoms with Gasteiger partial charge in [0.05, 0.1) is 6.61 Å². The van der Waals surface area contributed by atoms with Gasteiger partial charge in [-0.05, 0) is 68.3 Å². The van der Waals surface area contributed by atoms with Crippen molar-refractivity contribution in [2.24, 2.45) is 11.8 Å². The molecule has 110 valence electrons. The van der Waals surface area contributed by atoms with Gasteiger partial charge in [0, 0.05) is 13.2 Å². The Bertz CT molecular complexity index is 406. The zero-order chi connectivity index (χ0) is 13.8. The maximum Gasteiger partial charge on any atom is 0.123 e. The van der Waals surface area contributed by atoms with Crippen molar-refractivity contribution in [3.63, 3.8) is 0 Å². The van der Waals surface area contributed by atoms with Crippen LogP contribution in [-0.4, -0.2) is 37.7 Å². The van der Waals surface area contributed by atoms with Gasteiger partial charge in [0.25, 0.3) is 0 Å². The fraction of sp³-hybridized carbons (Fsp3) is 0.647. The van der Waals surface area contributed by atoms with Crippen molar-refractivity contribution in [1.82, 2.24) is 4.90 Å². The summed E-state index contributed by atoms with van der Waals surface area (Å²) in [6, 6.07) is 7.00. The monoisotopic (exact) mass is 277 g/mol. The molecule has 3 heteroatoms. The first-order valence-electron chi connectivity index (χ1n) is 7.84. The molecule has 1 aromatic carbocycles. The number of likely N-dealkylation sites (tertiary alicyclic amines) is 1. The smallest absolute Gasteiger partial charge is 0.123 e. The number of piperidine rings is 1. The van der Waals surface area contributed by atoms with E-state index in [4.69, 9.17) is 4.74 Å². The number of nitrogens with zero attached hydrogens (tertiary/aromatic N) is 1. The van der Waals surface area contributed by atoms with Crippen molar-refractivity contribution < 1.29 is 9.13 Å². The van der Waals surface area contributed by atoms with Crippen LogP contribution in [-0.2, 0) is 11.2 Å². The minimum absolute atomic E-state index is 0.137. The number of ether oxygens (including phenoxy) is 1. The van der Waals surface area contributed by atoms with E-state index in [-0.39, 0.29) is 5.82 Å². The Kier molecular flexibility index (Phi) is 4.69. The first-order chi connectivity index (χ1) is 9.79. The van der Waals surface area contributed by atoms with Crippen molar-refractivity contribution in [1.29, 1.82) is 0 Å². The number of rotatable bonds is 4. The summed E-state index contributed by atoms with van der Waals surface area (Å²) in [5, 5.41) is 0. The molecule has 0 aliphatic carbocycles. The van der Waals surface area contributed by atoms with Gasteiger partial charge in [0.2, 0.25) is 0 Å². The van der Waals surface area contributed by atoms with Crippen molar-refractivity contribution >= 4 is 0 Å². The summed E-state index contributed by atoms with van der Waals surface area (Å²) in [5.41, 5.74) is 1.27. The second-order valence-electron chi connectivity index (χ2n) is 6.30. The van der Waals surface area contributed by atoms with Crippen molar-refractivity contribution in [2.45, 2.75) is 25.7 Å². The van der Waals surface area contributed by atoms with Crippen LogP contribution in [0.2, 0.25) is 0 Å². The molecule has 2 nitrogen and oxygen atoms in total. The van der Waals surface area contributed by atoms with E-state index < -0.39 is 0 Å². The maximum absolute atomic E-state index is 12.9. The molecule has 1 aromatic rings. The van der Waals surface area contributed by atoms with Gasteiger partial charge in [-0.1, -0.05) is 12.1 Å². The highest BCUT2D eigenvalue weighted by Crippen LogP contribution is 2.23. The molecule has 2 heterocycles. The van der Waals surface area contributed by atoms with Crippen molar-refractivity contribution in [3.05, 3.63) is 35.6 Å². The number of benzene rings is 1. The van der Waals surface area contributed by atoms with Gasteiger partial charge in [0.1, 0.15) is 5.82 Å². The third-order valence-corrected chi connectivity index (χ3v) is 4.69. The van der Waals surface area contributed by atoms with E-state index in [1.165, 1.54) is 44.5 Å². The Hall–Kier alpha value is -0.930. The van der Waals surface area contributed by atoms with Gasteiger partial charge < -0.3 is 9.64 Å². The van der Waals surface area contributed by atoms with Gasteiger partial charge in [-0.3, -0.25) is 0 Å². The largest absolute Gasteiger partial charge is 0.381 e. The lowest BCUT2D eigenvalue weighted by Crippen LogP contribution is -2.37. The first-order valence-corrected chi connectivity index (χ1v) is 7.84. The van der Waals surface area contributed by atoms with E-state index in [0.29, 0.717) is 0 Å². The van der Waals surface area contributed by atoms with Crippen LogP contribution in [0.25, 0.3) is 0 Å². The highest BCUT2D eigenvalue weighted by molar-refractivity contribution is 5.16. The minimum atomic E-state index is -0.137. The maximum atomic E-state index is 12.9. The molecule has 3 rings (SSSR count). The summed E-state index contributed by atoms with van der Waals surface area (Å²) in [4.78, 5) is 2.60. The molecular weight excluding hydrogens is 253 g/mol. The van der Waals surface area contributed by atoms with Gasteiger partial charge in [-0.2, -0.15) is 0 Å².